The number of non-ortho nitro benzene ring substituents is 1. The number of nitro groups is 1. The molecule has 1 saturated heterocycles. The fraction of sp³-hybridized carbons (Fsp3) is 0.500. The summed E-state index contributed by atoms with van der Waals surface area (Å²) in [6, 6.07) is 2.67. The van der Waals surface area contributed by atoms with Crippen molar-refractivity contribution in [1.29, 1.82) is 0 Å². The quantitative estimate of drug-likeness (QED) is 0.535. The molecular formula is C14H18Cl2N4O3. The van der Waals surface area contributed by atoms with Gasteiger partial charge in [0.05, 0.1) is 20.7 Å². The SMILES string of the molecule is O=C(CCNc1c(Cl)cc([N+](=O)[O-])cc1Cl)NC1CCNCC1. The van der Waals surface area contributed by atoms with E-state index in [9.17, 15) is 14.9 Å². The van der Waals surface area contributed by atoms with Crippen LogP contribution >= 0.6 is 23.2 Å². The van der Waals surface area contributed by atoms with Crippen molar-refractivity contribution in [3.63, 3.8) is 0 Å². The van der Waals surface area contributed by atoms with E-state index in [1.807, 2.05) is 0 Å². The number of hydrogen-bond acceptors (Lipinski definition) is 5. The third-order valence-corrected chi connectivity index (χ3v) is 4.19. The van der Waals surface area contributed by atoms with E-state index in [-0.39, 0.29) is 34.1 Å². The van der Waals surface area contributed by atoms with Crippen molar-refractivity contribution in [3.8, 4) is 0 Å². The molecule has 0 bridgehead atoms. The monoisotopic (exact) mass is 360 g/mol. The highest BCUT2D eigenvalue weighted by molar-refractivity contribution is 6.39. The molecule has 2 rings (SSSR count). The molecule has 9 heteroatoms. The number of benzene rings is 1. The topological polar surface area (TPSA) is 96.3 Å². The second kappa shape index (κ2) is 8.33. The van der Waals surface area contributed by atoms with Gasteiger partial charge in [0.2, 0.25) is 5.91 Å². The van der Waals surface area contributed by atoms with Crippen molar-refractivity contribution in [3.05, 3.63) is 32.3 Å². The number of nitrogens with one attached hydrogen (secondary N) is 3. The zero-order chi connectivity index (χ0) is 16.8. The lowest BCUT2D eigenvalue weighted by Gasteiger charge is -2.23. The summed E-state index contributed by atoms with van der Waals surface area (Å²) in [4.78, 5) is 22.0. The number of piperidine rings is 1. The molecule has 0 aliphatic carbocycles. The third kappa shape index (κ3) is 5.23. The van der Waals surface area contributed by atoms with E-state index in [2.05, 4.69) is 16.0 Å². The van der Waals surface area contributed by atoms with Crippen LogP contribution in [0.25, 0.3) is 0 Å². The smallest absolute Gasteiger partial charge is 0.272 e. The van der Waals surface area contributed by atoms with Crippen LogP contribution < -0.4 is 16.0 Å². The van der Waals surface area contributed by atoms with E-state index in [4.69, 9.17) is 23.2 Å². The Balaban J connectivity index is 1.83. The molecule has 23 heavy (non-hydrogen) atoms. The summed E-state index contributed by atoms with van der Waals surface area (Å²) in [7, 11) is 0. The van der Waals surface area contributed by atoms with Gasteiger partial charge >= 0.3 is 0 Å². The van der Waals surface area contributed by atoms with Gasteiger partial charge in [-0.15, -0.1) is 0 Å². The first-order valence-electron chi connectivity index (χ1n) is 7.34. The Labute approximate surface area is 143 Å². The predicted molar refractivity (Wildman–Crippen MR) is 90.3 cm³/mol. The van der Waals surface area contributed by atoms with Gasteiger partial charge in [-0.2, -0.15) is 0 Å². The van der Waals surface area contributed by atoms with E-state index < -0.39 is 4.92 Å². The molecule has 0 saturated carbocycles. The van der Waals surface area contributed by atoms with E-state index in [1.165, 1.54) is 12.1 Å². The summed E-state index contributed by atoms with van der Waals surface area (Å²) >= 11 is 12.0. The number of hydrogen-bond donors (Lipinski definition) is 3. The summed E-state index contributed by atoms with van der Waals surface area (Å²) in [5.74, 6) is -0.0430. The predicted octanol–water partition coefficient (Wildman–Crippen LogP) is 2.57. The summed E-state index contributed by atoms with van der Waals surface area (Å²) in [6.45, 7) is 2.17. The highest BCUT2D eigenvalue weighted by Gasteiger charge is 2.16. The molecule has 3 N–H and O–H groups in total. The first kappa shape index (κ1) is 17.8. The lowest BCUT2D eigenvalue weighted by Crippen LogP contribution is -2.43. The Bertz CT molecular complexity index is 568. The molecule has 0 unspecified atom stereocenters. The van der Waals surface area contributed by atoms with Crippen LogP contribution in [0.4, 0.5) is 11.4 Å². The average molecular weight is 361 g/mol. The summed E-state index contributed by atoms with van der Waals surface area (Å²) in [6.07, 6.45) is 2.13. The third-order valence-electron chi connectivity index (χ3n) is 3.60. The van der Waals surface area contributed by atoms with Gasteiger partial charge in [-0.05, 0) is 25.9 Å². The van der Waals surface area contributed by atoms with E-state index >= 15 is 0 Å². The molecule has 0 spiro atoms. The molecular weight excluding hydrogens is 343 g/mol. The first-order valence-corrected chi connectivity index (χ1v) is 8.10. The van der Waals surface area contributed by atoms with Gasteiger partial charge in [0.15, 0.2) is 0 Å². The lowest BCUT2D eigenvalue weighted by molar-refractivity contribution is -0.384. The van der Waals surface area contributed by atoms with Gasteiger partial charge in [-0.3, -0.25) is 14.9 Å². The van der Waals surface area contributed by atoms with Gasteiger partial charge < -0.3 is 16.0 Å². The molecule has 1 aliphatic rings. The number of nitrogens with zero attached hydrogens (tertiary/aromatic N) is 1. The number of anilines is 1. The number of carbonyl (C=O) groups excluding carboxylic acids is 1. The van der Waals surface area contributed by atoms with Crippen LogP contribution in [0, 0.1) is 10.1 Å². The zero-order valence-electron chi connectivity index (χ0n) is 12.4. The summed E-state index contributed by atoms with van der Waals surface area (Å²) in [5.41, 5.74) is 0.225. The number of carbonyl (C=O) groups is 1. The standard InChI is InChI=1S/C14H18Cl2N4O3/c15-11-7-10(20(22)23)8-12(16)14(11)18-6-3-13(21)19-9-1-4-17-5-2-9/h7-9,17-18H,1-6H2,(H,19,21). The molecule has 126 valence electrons. The molecule has 1 fully saturated rings. The largest absolute Gasteiger partial charge is 0.382 e. The Morgan fingerprint density at radius 3 is 2.48 bits per heavy atom. The Morgan fingerprint density at radius 2 is 1.91 bits per heavy atom. The maximum atomic E-state index is 11.9. The van der Waals surface area contributed by atoms with Gasteiger partial charge in [0.25, 0.3) is 5.69 Å². The summed E-state index contributed by atoms with van der Waals surface area (Å²) < 4.78 is 0. The van der Waals surface area contributed by atoms with Crippen molar-refractivity contribution in [2.45, 2.75) is 25.3 Å². The van der Waals surface area contributed by atoms with Crippen molar-refractivity contribution < 1.29 is 9.72 Å². The molecule has 0 radical (unpaired) electrons. The second-order valence-electron chi connectivity index (χ2n) is 5.31. The van der Waals surface area contributed by atoms with E-state index in [0.29, 0.717) is 12.2 Å². The molecule has 1 aromatic carbocycles. The normalized spacial score (nSPS) is 15.2. The Morgan fingerprint density at radius 1 is 1.30 bits per heavy atom. The Kier molecular flexibility index (Phi) is 6.44. The number of amides is 1. The van der Waals surface area contributed by atoms with Crippen molar-refractivity contribution >= 4 is 40.5 Å². The van der Waals surface area contributed by atoms with Crippen LogP contribution in [0.5, 0.6) is 0 Å². The molecule has 1 amide bonds. The van der Waals surface area contributed by atoms with E-state index in [1.54, 1.807) is 0 Å². The molecule has 0 aromatic heterocycles. The molecule has 7 nitrogen and oxygen atoms in total. The molecule has 1 heterocycles. The van der Waals surface area contributed by atoms with Gasteiger partial charge in [0.1, 0.15) is 0 Å². The number of nitro benzene ring substituents is 1. The van der Waals surface area contributed by atoms with Crippen LogP contribution in [0.3, 0.4) is 0 Å². The first-order chi connectivity index (χ1) is 11.0. The van der Waals surface area contributed by atoms with Crippen molar-refractivity contribution in [1.82, 2.24) is 10.6 Å². The fourth-order valence-electron chi connectivity index (χ4n) is 2.40. The number of rotatable bonds is 6. The van der Waals surface area contributed by atoms with Gasteiger partial charge in [-0.25, -0.2) is 0 Å². The van der Waals surface area contributed by atoms with Crippen LogP contribution in [0.15, 0.2) is 12.1 Å². The Hall–Kier alpha value is -1.57. The average Bonchev–Trinajstić information content (AvgIpc) is 2.50. The highest BCUT2D eigenvalue weighted by atomic mass is 35.5. The maximum Gasteiger partial charge on any atom is 0.272 e. The molecule has 1 aliphatic heterocycles. The minimum atomic E-state index is -0.561. The van der Waals surface area contributed by atoms with Crippen LogP contribution in [-0.4, -0.2) is 36.5 Å². The fourth-order valence-corrected chi connectivity index (χ4v) is 3.01. The van der Waals surface area contributed by atoms with Crippen LogP contribution in [0.2, 0.25) is 10.0 Å². The van der Waals surface area contributed by atoms with Crippen LogP contribution in [0.1, 0.15) is 19.3 Å². The zero-order valence-corrected chi connectivity index (χ0v) is 13.9. The molecule has 1 aromatic rings. The van der Waals surface area contributed by atoms with E-state index in [0.717, 1.165) is 25.9 Å². The second-order valence-corrected chi connectivity index (χ2v) is 6.12. The molecule has 0 atom stereocenters. The minimum Gasteiger partial charge on any atom is -0.382 e. The van der Waals surface area contributed by atoms with Gasteiger partial charge in [0, 0.05) is 31.1 Å². The van der Waals surface area contributed by atoms with Crippen LogP contribution in [-0.2, 0) is 4.79 Å². The van der Waals surface area contributed by atoms with Crippen molar-refractivity contribution in [2.75, 3.05) is 25.0 Å². The highest BCUT2D eigenvalue weighted by Crippen LogP contribution is 2.34. The summed E-state index contributed by atoms with van der Waals surface area (Å²) in [5, 5.41) is 20.2. The minimum absolute atomic E-state index is 0.0430. The van der Waals surface area contributed by atoms with Gasteiger partial charge in [-0.1, -0.05) is 23.2 Å². The maximum absolute atomic E-state index is 11.9. The number of halogens is 2. The lowest BCUT2D eigenvalue weighted by atomic mass is 10.1. The van der Waals surface area contributed by atoms with Crippen molar-refractivity contribution in [2.24, 2.45) is 0 Å².